The van der Waals surface area contributed by atoms with E-state index in [1.807, 2.05) is 37.3 Å². The van der Waals surface area contributed by atoms with E-state index in [9.17, 15) is 14.7 Å². The molecule has 1 saturated heterocycles. The molecule has 2 aliphatic rings. The second-order valence-corrected chi connectivity index (χ2v) is 6.47. The number of aliphatic hydroxyl groups excluding tert-OH is 1. The Morgan fingerprint density at radius 2 is 1.85 bits per heavy atom. The first-order valence-electron chi connectivity index (χ1n) is 8.85. The number of ether oxygens (including phenoxy) is 2. The van der Waals surface area contributed by atoms with Crippen LogP contribution in [0, 0.1) is 0 Å². The minimum absolute atomic E-state index is 0.0958. The van der Waals surface area contributed by atoms with Crippen molar-refractivity contribution in [1.29, 1.82) is 0 Å². The smallest absolute Gasteiger partial charge is 0.295 e. The molecule has 2 heterocycles. The molecule has 1 N–H and O–H groups in total. The highest BCUT2D eigenvalue weighted by molar-refractivity contribution is 6.46. The molecule has 2 aromatic rings. The Bertz CT molecular complexity index is 935. The molecular formula is C21H19NO5. The van der Waals surface area contributed by atoms with Gasteiger partial charge in [0, 0.05) is 12.1 Å². The lowest BCUT2D eigenvalue weighted by molar-refractivity contribution is -0.139. The Kier molecular flexibility index (Phi) is 4.32. The number of amides is 1. The predicted octanol–water partition coefficient (Wildman–Crippen LogP) is 3.25. The summed E-state index contributed by atoms with van der Waals surface area (Å²) in [6.45, 7) is 2.49. The number of ketones is 1. The van der Waals surface area contributed by atoms with Gasteiger partial charge in [0.25, 0.3) is 11.7 Å². The van der Waals surface area contributed by atoms with E-state index >= 15 is 0 Å². The third-order valence-electron chi connectivity index (χ3n) is 4.77. The van der Waals surface area contributed by atoms with Crippen LogP contribution in [0.2, 0.25) is 0 Å². The maximum absolute atomic E-state index is 12.8. The summed E-state index contributed by atoms with van der Waals surface area (Å²) < 4.78 is 10.6. The molecule has 0 saturated carbocycles. The van der Waals surface area contributed by atoms with Crippen LogP contribution in [0.15, 0.2) is 54.1 Å². The summed E-state index contributed by atoms with van der Waals surface area (Å²) >= 11 is 0. The van der Waals surface area contributed by atoms with E-state index in [0.717, 1.165) is 5.56 Å². The first kappa shape index (κ1) is 17.1. The molecule has 1 unspecified atom stereocenters. The molecule has 138 valence electrons. The number of benzene rings is 2. The number of hydrogen-bond donors (Lipinski definition) is 1. The summed E-state index contributed by atoms with van der Waals surface area (Å²) in [6.07, 6.45) is 0.709. The number of nitrogens with zero attached hydrogens (tertiary/aromatic N) is 1. The number of aliphatic hydroxyl groups is 1. The molecule has 1 amide bonds. The number of likely N-dealkylation sites (tertiary alicyclic amines) is 1. The van der Waals surface area contributed by atoms with Gasteiger partial charge in [-0.3, -0.25) is 9.59 Å². The third-order valence-corrected chi connectivity index (χ3v) is 4.77. The summed E-state index contributed by atoms with van der Waals surface area (Å²) in [4.78, 5) is 26.9. The maximum Gasteiger partial charge on any atom is 0.295 e. The zero-order valence-corrected chi connectivity index (χ0v) is 14.8. The highest BCUT2D eigenvalue weighted by Gasteiger charge is 2.45. The Morgan fingerprint density at radius 3 is 2.59 bits per heavy atom. The zero-order valence-electron chi connectivity index (χ0n) is 14.8. The van der Waals surface area contributed by atoms with Gasteiger partial charge >= 0.3 is 0 Å². The summed E-state index contributed by atoms with van der Waals surface area (Å²) in [5, 5.41) is 10.9. The average Bonchev–Trinajstić information content (AvgIpc) is 3.26. The largest absolute Gasteiger partial charge is 0.507 e. The van der Waals surface area contributed by atoms with E-state index in [0.29, 0.717) is 30.0 Å². The molecule has 0 bridgehead atoms. The predicted molar refractivity (Wildman–Crippen MR) is 98.3 cm³/mol. The molecule has 6 nitrogen and oxygen atoms in total. The SMILES string of the molecule is CCCN1C(=O)C(=O)/C(=C(\O)c2ccc3c(c2)OCO3)C1c1ccccc1. The standard InChI is InChI=1S/C21H19NO5/c1-2-10-22-18(13-6-4-3-5-7-13)17(20(24)21(22)25)19(23)14-8-9-15-16(11-14)27-12-26-15/h3-9,11,18,23H,2,10,12H2,1H3/b19-17-. The highest BCUT2D eigenvalue weighted by Crippen LogP contribution is 2.41. The van der Waals surface area contributed by atoms with E-state index in [2.05, 4.69) is 0 Å². The van der Waals surface area contributed by atoms with Crippen LogP contribution < -0.4 is 9.47 Å². The normalized spacial score (nSPS) is 20.3. The van der Waals surface area contributed by atoms with Gasteiger partial charge in [0.1, 0.15) is 5.76 Å². The van der Waals surface area contributed by atoms with Crippen molar-refractivity contribution in [3.05, 3.63) is 65.2 Å². The number of Topliss-reactive ketones (excluding diaryl/α,β-unsaturated/α-hetero) is 1. The number of carbonyl (C=O) groups is 2. The van der Waals surface area contributed by atoms with Crippen molar-refractivity contribution < 1.29 is 24.2 Å². The molecule has 0 radical (unpaired) electrons. The molecule has 1 fully saturated rings. The summed E-state index contributed by atoms with van der Waals surface area (Å²) in [5.41, 5.74) is 1.29. The van der Waals surface area contributed by atoms with Crippen LogP contribution in [0.4, 0.5) is 0 Å². The number of rotatable bonds is 4. The van der Waals surface area contributed by atoms with Crippen LogP contribution in [0.3, 0.4) is 0 Å². The summed E-state index contributed by atoms with van der Waals surface area (Å²) in [5.74, 6) is -0.393. The third kappa shape index (κ3) is 2.83. The van der Waals surface area contributed by atoms with Gasteiger partial charge in [-0.15, -0.1) is 0 Å². The Labute approximate surface area is 156 Å². The molecular weight excluding hydrogens is 346 g/mol. The second-order valence-electron chi connectivity index (χ2n) is 6.47. The molecule has 0 aliphatic carbocycles. The van der Waals surface area contributed by atoms with Crippen LogP contribution in [-0.2, 0) is 9.59 Å². The monoisotopic (exact) mass is 365 g/mol. The quantitative estimate of drug-likeness (QED) is 0.511. The van der Waals surface area contributed by atoms with E-state index in [1.165, 1.54) is 4.90 Å². The first-order valence-corrected chi connectivity index (χ1v) is 8.85. The van der Waals surface area contributed by atoms with Gasteiger partial charge in [0.05, 0.1) is 11.6 Å². The van der Waals surface area contributed by atoms with Crippen LogP contribution in [-0.4, -0.2) is 35.0 Å². The fraction of sp³-hybridized carbons (Fsp3) is 0.238. The zero-order chi connectivity index (χ0) is 19.0. The molecule has 0 spiro atoms. The highest BCUT2D eigenvalue weighted by atomic mass is 16.7. The minimum atomic E-state index is -0.674. The van der Waals surface area contributed by atoms with Crippen LogP contribution in [0.5, 0.6) is 11.5 Å². The summed E-state index contributed by atoms with van der Waals surface area (Å²) in [6, 6.07) is 13.6. The second kappa shape index (κ2) is 6.79. The van der Waals surface area contributed by atoms with Crippen molar-refractivity contribution in [2.24, 2.45) is 0 Å². The fourth-order valence-corrected chi connectivity index (χ4v) is 3.53. The number of carbonyl (C=O) groups excluding carboxylic acids is 2. The van der Waals surface area contributed by atoms with Gasteiger partial charge in [0.15, 0.2) is 11.5 Å². The number of fused-ring (bicyclic) bond motifs is 1. The van der Waals surface area contributed by atoms with Crippen molar-refractivity contribution in [2.75, 3.05) is 13.3 Å². The fourth-order valence-electron chi connectivity index (χ4n) is 3.53. The van der Waals surface area contributed by atoms with Crippen LogP contribution in [0.25, 0.3) is 5.76 Å². The van der Waals surface area contributed by atoms with Crippen molar-refractivity contribution in [1.82, 2.24) is 4.90 Å². The van der Waals surface area contributed by atoms with Gasteiger partial charge in [-0.25, -0.2) is 0 Å². The molecule has 27 heavy (non-hydrogen) atoms. The van der Waals surface area contributed by atoms with E-state index in [-0.39, 0.29) is 18.1 Å². The molecule has 4 rings (SSSR count). The lowest BCUT2D eigenvalue weighted by Gasteiger charge is -2.24. The molecule has 2 aromatic carbocycles. The Hall–Kier alpha value is -3.28. The summed E-state index contributed by atoms with van der Waals surface area (Å²) in [7, 11) is 0. The van der Waals surface area contributed by atoms with Gasteiger partial charge in [0.2, 0.25) is 6.79 Å². The molecule has 0 aromatic heterocycles. The van der Waals surface area contributed by atoms with Gasteiger partial charge in [-0.2, -0.15) is 0 Å². The van der Waals surface area contributed by atoms with Gasteiger partial charge in [-0.05, 0) is 30.2 Å². The van der Waals surface area contributed by atoms with Gasteiger partial charge < -0.3 is 19.5 Å². The van der Waals surface area contributed by atoms with Crippen LogP contribution in [0.1, 0.15) is 30.5 Å². The Morgan fingerprint density at radius 1 is 1.11 bits per heavy atom. The van der Waals surface area contributed by atoms with Gasteiger partial charge in [-0.1, -0.05) is 37.3 Å². The Balaban J connectivity index is 1.86. The first-order chi connectivity index (χ1) is 13.1. The molecule has 6 heteroatoms. The number of hydrogen-bond acceptors (Lipinski definition) is 5. The lowest BCUT2D eigenvalue weighted by Crippen LogP contribution is -2.30. The van der Waals surface area contributed by atoms with E-state index in [1.54, 1.807) is 18.2 Å². The van der Waals surface area contributed by atoms with Crippen molar-refractivity contribution in [3.63, 3.8) is 0 Å². The average molecular weight is 365 g/mol. The minimum Gasteiger partial charge on any atom is -0.507 e. The van der Waals surface area contributed by atoms with E-state index < -0.39 is 17.7 Å². The molecule has 2 aliphatic heterocycles. The van der Waals surface area contributed by atoms with Crippen molar-refractivity contribution in [3.8, 4) is 11.5 Å². The van der Waals surface area contributed by atoms with Crippen molar-refractivity contribution in [2.45, 2.75) is 19.4 Å². The molecule has 1 atom stereocenters. The topological polar surface area (TPSA) is 76.1 Å². The van der Waals surface area contributed by atoms with E-state index in [4.69, 9.17) is 9.47 Å². The van der Waals surface area contributed by atoms with Crippen molar-refractivity contribution >= 4 is 17.4 Å². The maximum atomic E-state index is 12.8. The van der Waals surface area contributed by atoms with Crippen LogP contribution >= 0.6 is 0 Å². The lowest BCUT2D eigenvalue weighted by atomic mass is 9.95.